The van der Waals surface area contributed by atoms with Crippen molar-refractivity contribution >= 4 is 23.4 Å². The molecule has 0 aliphatic carbocycles. The van der Waals surface area contributed by atoms with E-state index in [4.69, 9.17) is 0 Å². The van der Waals surface area contributed by atoms with Crippen molar-refractivity contribution in [3.05, 3.63) is 53.1 Å². The largest absolute Gasteiger partial charge is 0.453 e. The molecule has 1 aliphatic heterocycles. The highest BCUT2D eigenvalue weighted by Crippen LogP contribution is 2.27. The van der Waals surface area contributed by atoms with Crippen molar-refractivity contribution in [2.75, 3.05) is 18.4 Å². The van der Waals surface area contributed by atoms with Gasteiger partial charge in [-0.05, 0) is 50.8 Å². The topological polar surface area (TPSA) is 105 Å². The standard InChI is InChI=1S/C23H26F3N7O2/c1-14-18(15(2)33-21(27-14)30-20(31-33)23(24,25)26)8-9-19(34)28-17-10-12-32(13-11-17)22(35)29-16-6-4-3-5-7-16/h3-7,17H,8-13H2,1-2H3,(H,28,34)(H,29,35). The predicted octanol–water partition coefficient (Wildman–Crippen LogP) is 3.51. The number of carbonyl (C=O) groups is 2. The maximum atomic E-state index is 13.0. The Hall–Kier alpha value is -3.70. The van der Waals surface area contributed by atoms with Gasteiger partial charge in [-0.1, -0.05) is 18.2 Å². The van der Waals surface area contributed by atoms with Gasteiger partial charge in [0.05, 0.1) is 0 Å². The van der Waals surface area contributed by atoms with E-state index in [1.54, 1.807) is 18.7 Å². The number of fused-ring (bicyclic) bond motifs is 1. The molecule has 0 saturated carbocycles. The number of nitrogens with zero attached hydrogens (tertiary/aromatic N) is 5. The Morgan fingerprint density at radius 3 is 2.43 bits per heavy atom. The highest BCUT2D eigenvalue weighted by molar-refractivity contribution is 5.89. The first-order chi connectivity index (χ1) is 16.6. The molecule has 0 unspecified atom stereocenters. The highest BCUT2D eigenvalue weighted by atomic mass is 19.4. The number of aryl methyl sites for hydroxylation is 2. The molecule has 12 heteroatoms. The van der Waals surface area contributed by atoms with Gasteiger partial charge in [-0.3, -0.25) is 4.79 Å². The number of amides is 3. The second-order valence-electron chi connectivity index (χ2n) is 8.53. The number of hydrogen-bond donors (Lipinski definition) is 2. The molecule has 0 atom stereocenters. The van der Waals surface area contributed by atoms with E-state index in [9.17, 15) is 22.8 Å². The van der Waals surface area contributed by atoms with Gasteiger partial charge in [-0.25, -0.2) is 14.3 Å². The van der Waals surface area contributed by atoms with E-state index in [2.05, 4.69) is 25.7 Å². The van der Waals surface area contributed by atoms with E-state index in [-0.39, 0.29) is 30.2 Å². The second kappa shape index (κ2) is 9.88. The van der Waals surface area contributed by atoms with Crippen LogP contribution in [0.4, 0.5) is 23.7 Å². The van der Waals surface area contributed by atoms with Gasteiger partial charge in [0, 0.05) is 42.6 Å². The van der Waals surface area contributed by atoms with Crippen molar-refractivity contribution in [2.24, 2.45) is 0 Å². The number of hydrogen-bond acceptors (Lipinski definition) is 5. The van der Waals surface area contributed by atoms with Crippen LogP contribution in [0.5, 0.6) is 0 Å². The first-order valence-electron chi connectivity index (χ1n) is 11.3. The summed E-state index contributed by atoms with van der Waals surface area (Å²) in [7, 11) is 0. The number of benzene rings is 1. The number of urea groups is 1. The first kappa shape index (κ1) is 24.4. The van der Waals surface area contributed by atoms with Crippen LogP contribution < -0.4 is 10.6 Å². The lowest BCUT2D eigenvalue weighted by Gasteiger charge is -2.32. The number of likely N-dealkylation sites (tertiary alicyclic amines) is 1. The number of halogens is 3. The van der Waals surface area contributed by atoms with Crippen molar-refractivity contribution in [1.82, 2.24) is 29.8 Å². The number of rotatable bonds is 5. The zero-order chi connectivity index (χ0) is 25.2. The smallest absolute Gasteiger partial charge is 0.353 e. The molecule has 186 valence electrons. The van der Waals surface area contributed by atoms with Crippen LogP contribution in [0.1, 0.15) is 42.0 Å². The van der Waals surface area contributed by atoms with E-state index in [1.807, 2.05) is 30.3 Å². The first-order valence-corrected chi connectivity index (χ1v) is 11.3. The minimum atomic E-state index is -4.66. The maximum absolute atomic E-state index is 13.0. The van der Waals surface area contributed by atoms with E-state index in [1.165, 1.54) is 0 Å². The Morgan fingerprint density at radius 2 is 1.77 bits per heavy atom. The molecule has 3 aromatic rings. The molecule has 3 heterocycles. The van der Waals surface area contributed by atoms with Crippen molar-refractivity contribution in [2.45, 2.75) is 51.7 Å². The van der Waals surface area contributed by atoms with Crippen LogP contribution in [0.15, 0.2) is 30.3 Å². The predicted molar refractivity (Wildman–Crippen MR) is 122 cm³/mol. The van der Waals surface area contributed by atoms with Crippen LogP contribution in [0.25, 0.3) is 5.78 Å². The number of anilines is 1. The summed E-state index contributed by atoms with van der Waals surface area (Å²) in [6, 6.07) is 8.99. The molecule has 2 aromatic heterocycles. The van der Waals surface area contributed by atoms with Gasteiger partial charge in [0.25, 0.3) is 11.6 Å². The van der Waals surface area contributed by atoms with E-state index in [0.717, 1.165) is 10.2 Å². The molecule has 1 aliphatic rings. The molecule has 0 spiro atoms. The Kier molecular flexibility index (Phi) is 6.90. The third kappa shape index (κ3) is 5.69. The van der Waals surface area contributed by atoms with Crippen LogP contribution in [0, 0.1) is 13.8 Å². The van der Waals surface area contributed by atoms with Crippen molar-refractivity contribution < 1.29 is 22.8 Å². The van der Waals surface area contributed by atoms with Crippen LogP contribution in [0.3, 0.4) is 0 Å². The zero-order valence-electron chi connectivity index (χ0n) is 19.4. The highest BCUT2D eigenvalue weighted by Gasteiger charge is 2.37. The summed E-state index contributed by atoms with van der Waals surface area (Å²) < 4.78 is 39.9. The molecule has 35 heavy (non-hydrogen) atoms. The van der Waals surface area contributed by atoms with Crippen LogP contribution in [0.2, 0.25) is 0 Å². The molecule has 1 saturated heterocycles. The number of alkyl halides is 3. The monoisotopic (exact) mass is 489 g/mol. The summed E-state index contributed by atoms with van der Waals surface area (Å²) in [5, 5.41) is 9.39. The van der Waals surface area contributed by atoms with E-state index >= 15 is 0 Å². The Balaban J connectivity index is 1.29. The number of para-hydroxylation sites is 1. The molecule has 0 radical (unpaired) electrons. The zero-order valence-corrected chi connectivity index (χ0v) is 19.4. The van der Waals surface area contributed by atoms with Gasteiger partial charge in [0.1, 0.15) is 0 Å². The van der Waals surface area contributed by atoms with E-state index in [0.29, 0.717) is 49.3 Å². The minimum Gasteiger partial charge on any atom is -0.353 e. The van der Waals surface area contributed by atoms with E-state index < -0.39 is 12.0 Å². The third-order valence-corrected chi connectivity index (χ3v) is 6.08. The van der Waals surface area contributed by atoms with Gasteiger partial charge < -0.3 is 15.5 Å². The van der Waals surface area contributed by atoms with Crippen molar-refractivity contribution in [3.63, 3.8) is 0 Å². The van der Waals surface area contributed by atoms with Crippen LogP contribution >= 0.6 is 0 Å². The Labute approximate surface area is 199 Å². The lowest BCUT2D eigenvalue weighted by atomic mass is 10.0. The maximum Gasteiger partial charge on any atom is 0.453 e. The fourth-order valence-corrected chi connectivity index (χ4v) is 4.18. The Morgan fingerprint density at radius 1 is 1.09 bits per heavy atom. The summed E-state index contributed by atoms with van der Waals surface area (Å²) in [6.07, 6.45) is -2.92. The van der Waals surface area contributed by atoms with Crippen molar-refractivity contribution in [3.8, 4) is 0 Å². The normalized spacial score (nSPS) is 14.8. The summed E-state index contributed by atoms with van der Waals surface area (Å²) in [5.74, 6) is -1.53. The molecule has 2 N–H and O–H groups in total. The van der Waals surface area contributed by atoms with Gasteiger partial charge in [-0.2, -0.15) is 18.2 Å². The molecule has 9 nitrogen and oxygen atoms in total. The van der Waals surface area contributed by atoms with Gasteiger partial charge in [0.2, 0.25) is 5.91 Å². The lowest BCUT2D eigenvalue weighted by Crippen LogP contribution is -2.47. The number of carbonyl (C=O) groups excluding carboxylic acids is 2. The fraction of sp³-hybridized carbons (Fsp3) is 0.435. The molecule has 1 fully saturated rings. The lowest BCUT2D eigenvalue weighted by molar-refractivity contribution is -0.144. The van der Waals surface area contributed by atoms with Crippen molar-refractivity contribution in [1.29, 1.82) is 0 Å². The van der Waals surface area contributed by atoms with Crippen LogP contribution in [-0.2, 0) is 17.4 Å². The molecule has 1 aromatic carbocycles. The third-order valence-electron chi connectivity index (χ3n) is 6.08. The van der Waals surface area contributed by atoms with Crippen LogP contribution in [-0.4, -0.2) is 55.6 Å². The summed E-state index contributed by atoms with van der Waals surface area (Å²) >= 11 is 0. The summed E-state index contributed by atoms with van der Waals surface area (Å²) in [6.45, 7) is 4.37. The molecular weight excluding hydrogens is 463 g/mol. The summed E-state index contributed by atoms with van der Waals surface area (Å²) in [4.78, 5) is 34.3. The fourth-order valence-electron chi connectivity index (χ4n) is 4.18. The number of aromatic nitrogens is 4. The average Bonchev–Trinajstić information content (AvgIpc) is 3.25. The van der Waals surface area contributed by atoms with Gasteiger partial charge in [0.15, 0.2) is 0 Å². The quantitative estimate of drug-likeness (QED) is 0.571. The molecular formula is C23H26F3N7O2. The SMILES string of the molecule is Cc1nc2nc(C(F)(F)F)nn2c(C)c1CCC(=O)NC1CCN(C(=O)Nc2ccccc2)CC1. The number of nitrogens with one attached hydrogen (secondary N) is 2. The van der Waals surface area contributed by atoms with Gasteiger partial charge >= 0.3 is 12.2 Å². The Bertz CT molecular complexity index is 1220. The average molecular weight is 490 g/mol. The minimum absolute atomic E-state index is 0.0456. The van der Waals surface area contributed by atoms with Gasteiger partial charge in [-0.15, -0.1) is 5.10 Å². The molecule has 0 bridgehead atoms. The molecule has 3 amide bonds. The summed E-state index contributed by atoms with van der Waals surface area (Å²) in [5.41, 5.74) is 2.38. The second-order valence-corrected chi connectivity index (χ2v) is 8.53. The molecule has 4 rings (SSSR count). The number of piperidine rings is 1.